The van der Waals surface area contributed by atoms with E-state index in [-0.39, 0.29) is 40.4 Å². The molecule has 0 radical (unpaired) electrons. The Morgan fingerprint density at radius 1 is 0.889 bits per heavy atom. The van der Waals surface area contributed by atoms with Crippen LogP contribution in [0.3, 0.4) is 0 Å². The smallest absolute Gasteiger partial charge is 0.326 e. The number of carbonyl (C=O) groups is 1. The van der Waals surface area contributed by atoms with Crippen molar-refractivity contribution in [2.75, 3.05) is 54.0 Å². The fourth-order valence-corrected chi connectivity index (χ4v) is 2.24. The summed E-state index contributed by atoms with van der Waals surface area (Å²) in [6.07, 6.45) is 0. The summed E-state index contributed by atoms with van der Waals surface area (Å²) in [5, 5.41) is 12.8. The van der Waals surface area contributed by atoms with Gasteiger partial charge in [0, 0.05) is 14.1 Å². The maximum absolute atomic E-state index is 12.4. The summed E-state index contributed by atoms with van der Waals surface area (Å²) < 4.78 is 27.7. The van der Waals surface area contributed by atoms with Gasteiger partial charge in [0.2, 0.25) is 17.2 Å². The largest absolute Gasteiger partial charge is 0.490 e. The van der Waals surface area contributed by atoms with Crippen molar-refractivity contribution in [1.82, 2.24) is 10.2 Å². The van der Waals surface area contributed by atoms with Crippen LogP contribution in [-0.4, -0.2) is 65.5 Å². The third kappa shape index (κ3) is 4.99. The van der Waals surface area contributed by atoms with E-state index in [1.165, 1.54) is 26.2 Å². The van der Waals surface area contributed by atoms with Gasteiger partial charge in [-0.3, -0.25) is 10.7 Å². The average Bonchev–Trinajstić information content (AvgIpc) is 2.63. The van der Waals surface area contributed by atoms with Gasteiger partial charge in [-0.25, -0.2) is 4.79 Å². The monoisotopic (exact) mass is 384 g/mol. The molecule has 0 aliphatic heterocycles. The molecule has 1 aromatic carbocycles. The molecule has 10 nitrogen and oxygen atoms in total. The van der Waals surface area contributed by atoms with Gasteiger partial charge >= 0.3 is 6.03 Å². The van der Waals surface area contributed by atoms with E-state index in [4.69, 9.17) is 29.1 Å². The van der Waals surface area contributed by atoms with Gasteiger partial charge in [0.1, 0.15) is 5.69 Å². The highest BCUT2D eigenvalue weighted by Crippen LogP contribution is 2.56. The number of anilines is 1. The highest BCUT2D eigenvalue weighted by molar-refractivity contribution is 6.03. The third-order valence-corrected chi connectivity index (χ3v) is 3.39. The maximum Gasteiger partial charge on any atom is 0.326 e. The van der Waals surface area contributed by atoms with Crippen molar-refractivity contribution < 1.29 is 28.5 Å². The molecule has 0 heterocycles. The van der Waals surface area contributed by atoms with Gasteiger partial charge in [0.25, 0.3) is 0 Å². The fraction of sp³-hybridized carbons (Fsp3) is 0.529. The highest BCUT2D eigenvalue weighted by Gasteiger charge is 2.30. The molecular formula is C17H28N4O6. The molecule has 0 aliphatic rings. The Balaban J connectivity index is 3.56. The quantitative estimate of drug-likeness (QED) is 0.465. The molecule has 0 aromatic heterocycles. The van der Waals surface area contributed by atoms with Crippen molar-refractivity contribution in [3.05, 3.63) is 0 Å². The van der Waals surface area contributed by atoms with Gasteiger partial charge in [-0.1, -0.05) is 0 Å². The van der Waals surface area contributed by atoms with Crippen LogP contribution < -0.4 is 34.3 Å². The molecule has 0 saturated heterocycles. The van der Waals surface area contributed by atoms with Crippen LogP contribution in [0, 0.1) is 5.41 Å². The van der Waals surface area contributed by atoms with Crippen LogP contribution in [0.1, 0.15) is 13.8 Å². The van der Waals surface area contributed by atoms with Crippen LogP contribution in [-0.2, 0) is 0 Å². The second-order valence-corrected chi connectivity index (χ2v) is 5.32. The van der Waals surface area contributed by atoms with Gasteiger partial charge in [0.15, 0.2) is 17.5 Å². The molecule has 0 saturated carbocycles. The first-order chi connectivity index (χ1) is 12.9. The number of hydrogen-bond acceptors (Lipinski definition) is 7. The van der Waals surface area contributed by atoms with Gasteiger partial charge in [-0.05, 0) is 13.8 Å². The summed E-state index contributed by atoms with van der Waals surface area (Å²) >= 11 is 0. The molecule has 0 fully saturated rings. The molecule has 0 spiro atoms. The van der Waals surface area contributed by atoms with Crippen LogP contribution in [0.5, 0.6) is 28.7 Å². The Bertz CT molecular complexity index is 643. The summed E-state index contributed by atoms with van der Waals surface area (Å²) in [5.74, 6) is 1.14. The first-order valence-corrected chi connectivity index (χ1v) is 8.31. The molecule has 2 amide bonds. The minimum Gasteiger partial charge on any atom is -0.490 e. The van der Waals surface area contributed by atoms with Crippen molar-refractivity contribution in [3.63, 3.8) is 0 Å². The molecule has 0 atom stereocenters. The number of nitrogens with zero attached hydrogens (tertiary/aromatic N) is 1. The molecule has 0 bridgehead atoms. The van der Waals surface area contributed by atoms with E-state index in [1.54, 1.807) is 27.9 Å². The molecule has 10 heteroatoms. The van der Waals surface area contributed by atoms with E-state index in [0.717, 1.165) is 0 Å². The number of nitrogens with one attached hydrogen (secondary N) is 3. The Morgan fingerprint density at radius 2 is 1.30 bits per heavy atom. The van der Waals surface area contributed by atoms with Gasteiger partial charge in [-0.2, -0.15) is 0 Å². The number of methoxy groups -OCH3 is 3. The van der Waals surface area contributed by atoms with Crippen LogP contribution in [0.15, 0.2) is 0 Å². The molecule has 1 rings (SSSR count). The summed E-state index contributed by atoms with van der Waals surface area (Å²) in [5.41, 5.74) is 0.206. The first-order valence-electron chi connectivity index (χ1n) is 8.31. The normalized spacial score (nSPS) is 9.89. The maximum atomic E-state index is 12.4. The van der Waals surface area contributed by atoms with E-state index in [2.05, 4.69) is 10.6 Å². The SMILES string of the molecule is CCOc1c(NC(=O)NC(=N)N(C)C)c(OCC)c(OC)c(OC)c1OC. The molecule has 152 valence electrons. The van der Waals surface area contributed by atoms with Crippen molar-refractivity contribution in [2.24, 2.45) is 0 Å². The first kappa shape index (κ1) is 22.0. The van der Waals surface area contributed by atoms with Crippen LogP contribution in [0.25, 0.3) is 0 Å². The van der Waals surface area contributed by atoms with Crippen LogP contribution in [0.4, 0.5) is 10.5 Å². The van der Waals surface area contributed by atoms with E-state index >= 15 is 0 Å². The molecule has 0 aliphatic carbocycles. The zero-order valence-corrected chi connectivity index (χ0v) is 16.8. The molecule has 0 unspecified atom stereocenters. The Kier molecular flexibility index (Phi) is 8.31. The summed E-state index contributed by atoms with van der Waals surface area (Å²) in [6, 6.07) is -0.648. The fourth-order valence-electron chi connectivity index (χ4n) is 2.24. The van der Waals surface area contributed by atoms with Crippen molar-refractivity contribution >= 4 is 17.7 Å². The van der Waals surface area contributed by atoms with E-state index in [0.29, 0.717) is 13.2 Å². The van der Waals surface area contributed by atoms with Crippen molar-refractivity contribution in [1.29, 1.82) is 5.41 Å². The highest BCUT2D eigenvalue weighted by atomic mass is 16.6. The van der Waals surface area contributed by atoms with E-state index < -0.39 is 6.03 Å². The summed E-state index contributed by atoms with van der Waals surface area (Å²) in [4.78, 5) is 13.8. The van der Waals surface area contributed by atoms with Gasteiger partial charge in [0.05, 0.1) is 34.5 Å². The zero-order chi connectivity index (χ0) is 20.6. The topological polar surface area (TPSA) is 114 Å². The Labute approximate surface area is 159 Å². The van der Waals surface area contributed by atoms with E-state index in [9.17, 15) is 4.79 Å². The number of ether oxygens (including phenoxy) is 5. The van der Waals surface area contributed by atoms with Crippen LogP contribution >= 0.6 is 0 Å². The third-order valence-electron chi connectivity index (χ3n) is 3.39. The summed E-state index contributed by atoms with van der Waals surface area (Å²) in [7, 11) is 7.64. The standard InChI is InChI=1S/C17H28N4O6/c1-8-26-11-10(19-17(22)20-16(18)21(3)4)12(27-9-2)14(24-6)15(25-7)13(11)23-5/h8-9H2,1-7H3,(H3,18,19,20,22). The lowest BCUT2D eigenvalue weighted by atomic mass is 10.2. The lowest BCUT2D eigenvalue weighted by Crippen LogP contribution is -2.41. The second-order valence-electron chi connectivity index (χ2n) is 5.32. The zero-order valence-electron chi connectivity index (χ0n) is 16.8. The van der Waals surface area contributed by atoms with E-state index in [1.807, 2.05) is 0 Å². The number of guanidine groups is 1. The van der Waals surface area contributed by atoms with Gasteiger partial charge in [-0.15, -0.1) is 0 Å². The van der Waals surface area contributed by atoms with Crippen LogP contribution in [0.2, 0.25) is 0 Å². The van der Waals surface area contributed by atoms with Gasteiger partial charge < -0.3 is 33.9 Å². The number of carbonyl (C=O) groups excluding carboxylic acids is 1. The lowest BCUT2D eigenvalue weighted by molar-refractivity contribution is 0.253. The number of benzene rings is 1. The Morgan fingerprint density at radius 3 is 1.63 bits per heavy atom. The summed E-state index contributed by atoms with van der Waals surface area (Å²) in [6.45, 7) is 4.20. The predicted octanol–water partition coefficient (Wildman–Crippen LogP) is 2.13. The molecule has 3 N–H and O–H groups in total. The number of amides is 2. The average molecular weight is 384 g/mol. The minimum absolute atomic E-state index is 0.0872. The minimum atomic E-state index is -0.648. The predicted molar refractivity (Wildman–Crippen MR) is 102 cm³/mol. The van der Waals surface area contributed by atoms with Crippen molar-refractivity contribution in [2.45, 2.75) is 13.8 Å². The second kappa shape index (κ2) is 10.2. The molecule has 1 aromatic rings. The molecule has 27 heavy (non-hydrogen) atoms. The Hall–Kier alpha value is -3.04. The number of rotatable bonds is 8. The number of urea groups is 1. The lowest BCUT2D eigenvalue weighted by Gasteiger charge is -2.23. The number of hydrogen-bond donors (Lipinski definition) is 3. The molecular weight excluding hydrogens is 356 g/mol. The van der Waals surface area contributed by atoms with Crippen molar-refractivity contribution in [3.8, 4) is 28.7 Å².